The van der Waals surface area contributed by atoms with Crippen LogP contribution in [0.3, 0.4) is 0 Å². The highest BCUT2D eigenvalue weighted by atomic mass is 32.2. The summed E-state index contributed by atoms with van der Waals surface area (Å²) >= 11 is 1.59. The van der Waals surface area contributed by atoms with Gasteiger partial charge in [0.1, 0.15) is 11.6 Å². The third-order valence-electron chi connectivity index (χ3n) is 2.75. The number of allylic oxidation sites excluding steroid dienone is 1. The van der Waals surface area contributed by atoms with Gasteiger partial charge in [-0.3, -0.25) is 4.79 Å². The molecule has 1 nitrogen and oxygen atoms in total. The number of thioether (sulfide) groups is 1. The molecular weight excluding hydrogens is 278 g/mol. The van der Waals surface area contributed by atoms with Gasteiger partial charge in [-0.1, -0.05) is 0 Å². The van der Waals surface area contributed by atoms with Crippen molar-refractivity contribution in [2.45, 2.75) is 4.90 Å². The van der Waals surface area contributed by atoms with Gasteiger partial charge >= 0.3 is 0 Å². The fourth-order valence-corrected chi connectivity index (χ4v) is 2.06. The highest BCUT2D eigenvalue weighted by molar-refractivity contribution is 7.98. The molecule has 4 heteroatoms. The fourth-order valence-electron chi connectivity index (χ4n) is 1.65. The predicted octanol–water partition coefficient (Wildman–Crippen LogP) is 4.58. The maximum atomic E-state index is 13.4. The topological polar surface area (TPSA) is 17.1 Å². The first-order chi connectivity index (χ1) is 9.60. The van der Waals surface area contributed by atoms with Crippen LogP contribution < -0.4 is 0 Å². The van der Waals surface area contributed by atoms with E-state index in [1.165, 1.54) is 18.2 Å². The second-order valence-electron chi connectivity index (χ2n) is 4.09. The number of halogens is 2. The molecule has 2 aromatic rings. The van der Waals surface area contributed by atoms with Crippen LogP contribution in [0.25, 0.3) is 6.08 Å². The van der Waals surface area contributed by atoms with Gasteiger partial charge in [0.2, 0.25) is 0 Å². The van der Waals surface area contributed by atoms with Crippen molar-refractivity contribution >= 4 is 23.6 Å². The Kier molecular flexibility index (Phi) is 4.69. The standard InChI is InChI=1S/C16H12F2OS/c1-20-14-7-3-12(4-8-14)16(19)9-5-11-2-6-13(17)10-15(11)18/h2-10H,1H3. The molecule has 0 spiro atoms. The maximum Gasteiger partial charge on any atom is 0.185 e. The van der Waals surface area contributed by atoms with Crippen LogP contribution in [0.1, 0.15) is 15.9 Å². The van der Waals surface area contributed by atoms with E-state index in [1.54, 1.807) is 23.9 Å². The number of hydrogen-bond donors (Lipinski definition) is 0. The van der Waals surface area contributed by atoms with Crippen LogP contribution in [0.2, 0.25) is 0 Å². The second-order valence-corrected chi connectivity index (χ2v) is 4.97. The molecule has 20 heavy (non-hydrogen) atoms. The lowest BCUT2D eigenvalue weighted by Crippen LogP contribution is -1.94. The molecule has 0 aliphatic rings. The van der Waals surface area contributed by atoms with Gasteiger partial charge < -0.3 is 0 Å². The minimum absolute atomic E-state index is 0.181. The number of rotatable bonds is 4. The first-order valence-corrected chi connectivity index (χ1v) is 7.14. The molecule has 0 amide bonds. The summed E-state index contributed by atoms with van der Waals surface area (Å²) in [7, 11) is 0. The minimum Gasteiger partial charge on any atom is -0.289 e. The Morgan fingerprint density at radius 2 is 1.80 bits per heavy atom. The Labute approximate surface area is 120 Å². The maximum absolute atomic E-state index is 13.4. The van der Waals surface area contributed by atoms with Crippen LogP contribution in [-0.2, 0) is 0 Å². The summed E-state index contributed by atoms with van der Waals surface area (Å²) in [6.07, 6.45) is 4.58. The molecule has 0 unspecified atom stereocenters. The van der Waals surface area contributed by atoms with Crippen LogP contribution in [0.15, 0.2) is 53.4 Å². The summed E-state index contributed by atoms with van der Waals surface area (Å²) in [5.74, 6) is -1.55. The van der Waals surface area contributed by atoms with Crippen molar-refractivity contribution in [3.63, 3.8) is 0 Å². The first-order valence-electron chi connectivity index (χ1n) is 5.91. The molecule has 0 radical (unpaired) electrons. The zero-order valence-corrected chi connectivity index (χ0v) is 11.6. The van der Waals surface area contributed by atoms with Crippen LogP contribution >= 0.6 is 11.8 Å². The molecule has 0 bridgehead atoms. The van der Waals surface area contributed by atoms with E-state index in [0.717, 1.165) is 17.0 Å². The lowest BCUT2D eigenvalue weighted by Gasteiger charge is -1.99. The summed E-state index contributed by atoms with van der Waals surface area (Å²) in [5, 5.41) is 0. The molecule has 0 N–H and O–H groups in total. The van der Waals surface area contributed by atoms with E-state index in [0.29, 0.717) is 5.56 Å². The molecule has 0 fully saturated rings. The molecule has 0 atom stereocenters. The monoisotopic (exact) mass is 290 g/mol. The van der Waals surface area contributed by atoms with Crippen LogP contribution in [0.4, 0.5) is 8.78 Å². The van der Waals surface area contributed by atoms with Gasteiger partial charge in [0, 0.05) is 22.1 Å². The van der Waals surface area contributed by atoms with Crippen molar-refractivity contribution in [2.75, 3.05) is 6.26 Å². The summed E-state index contributed by atoms with van der Waals surface area (Å²) in [5.41, 5.74) is 0.710. The zero-order chi connectivity index (χ0) is 14.5. The van der Waals surface area contributed by atoms with Crippen molar-refractivity contribution in [1.82, 2.24) is 0 Å². The largest absolute Gasteiger partial charge is 0.289 e. The molecular formula is C16H12F2OS. The van der Waals surface area contributed by atoms with Gasteiger partial charge in [-0.25, -0.2) is 8.78 Å². The average molecular weight is 290 g/mol. The van der Waals surface area contributed by atoms with E-state index in [1.807, 2.05) is 18.4 Å². The molecule has 0 saturated carbocycles. The summed E-state index contributed by atoms with van der Waals surface area (Å²) < 4.78 is 26.1. The van der Waals surface area contributed by atoms with Crippen molar-refractivity contribution < 1.29 is 13.6 Å². The van der Waals surface area contributed by atoms with E-state index < -0.39 is 11.6 Å². The fraction of sp³-hybridized carbons (Fsp3) is 0.0625. The van der Waals surface area contributed by atoms with Gasteiger partial charge in [-0.2, -0.15) is 0 Å². The van der Waals surface area contributed by atoms with Gasteiger partial charge in [0.05, 0.1) is 0 Å². The smallest absolute Gasteiger partial charge is 0.185 e. The van der Waals surface area contributed by atoms with Gasteiger partial charge in [0.15, 0.2) is 5.78 Å². The summed E-state index contributed by atoms with van der Waals surface area (Å²) in [6, 6.07) is 10.4. The lowest BCUT2D eigenvalue weighted by atomic mass is 10.1. The van der Waals surface area contributed by atoms with E-state index >= 15 is 0 Å². The van der Waals surface area contributed by atoms with Crippen LogP contribution in [0, 0.1) is 11.6 Å². The Bertz CT molecular complexity index is 648. The number of carbonyl (C=O) groups is 1. The van der Waals surface area contributed by atoms with Crippen LogP contribution in [-0.4, -0.2) is 12.0 Å². The Morgan fingerprint density at radius 1 is 1.10 bits per heavy atom. The second kappa shape index (κ2) is 6.48. The average Bonchev–Trinajstić information content (AvgIpc) is 2.46. The highest BCUT2D eigenvalue weighted by Gasteiger charge is 2.04. The molecule has 2 aromatic carbocycles. The SMILES string of the molecule is CSc1ccc(C(=O)C=Cc2ccc(F)cc2F)cc1. The Balaban J connectivity index is 2.15. The molecule has 2 rings (SSSR count). The number of hydrogen-bond acceptors (Lipinski definition) is 2. The normalized spacial score (nSPS) is 10.9. The van der Waals surface area contributed by atoms with E-state index in [-0.39, 0.29) is 11.3 Å². The number of benzene rings is 2. The van der Waals surface area contributed by atoms with Crippen molar-refractivity contribution in [3.05, 3.63) is 71.3 Å². The van der Waals surface area contributed by atoms with Gasteiger partial charge in [0.25, 0.3) is 0 Å². The van der Waals surface area contributed by atoms with E-state index in [9.17, 15) is 13.6 Å². The molecule has 0 aromatic heterocycles. The molecule has 0 saturated heterocycles. The molecule has 0 aliphatic carbocycles. The number of ketones is 1. The summed E-state index contributed by atoms with van der Waals surface area (Å²) in [6.45, 7) is 0. The van der Waals surface area contributed by atoms with E-state index in [4.69, 9.17) is 0 Å². The van der Waals surface area contributed by atoms with Crippen molar-refractivity contribution in [3.8, 4) is 0 Å². The first kappa shape index (κ1) is 14.5. The predicted molar refractivity (Wildman–Crippen MR) is 77.9 cm³/mol. The Hall–Kier alpha value is -1.94. The van der Waals surface area contributed by atoms with E-state index in [2.05, 4.69) is 0 Å². The molecule has 0 aliphatic heterocycles. The zero-order valence-electron chi connectivity index (χ0n) is 10.8. The van der Waals surface area contributed by atoms with Crippen molar-refractivity contribution in [2.24, 2.45) is 0 Å². The summed E-state index contributed by atoms with van der Waals surface area (Å²) in [4.78, 5) is 13.0. The quantitative estimate of drug-likeness (QED) is 0.465. The van der Waals surface area contributed by atoms with Gasteiger partial charge in [-0.05, 0) is 54.8 Å². The highest BCUT2D eigenvalue weighted by Crippen LogP contribution is 2.16. The van der Waals surface area contributed by atoms with Gasteiger partial charge in [-0.15, -0.1) is 11.8 Å². The molecule has 0 heterocycles. The number of carbonyl (C=O) groups excluding carboxylic acids is 1. The lowest BCUT2D eigenvalue weighted by molar-refractivity contribution is 0.104. The van der Waals surface area contributed by atoms with Crippen molar-refractivity contribution in [1.29, 1.82) is 0 Å². The Morgan fingerprint density at radius 3 is 2.40 bits per heavy atom. The third kappa shape index (κ3) is 3.54. The minimum atomic E-state index is -0.688. The molecule has 102 valence electrons. The third-order valence-corrected chi connectivity index (χ3v) is 3.49. The van der Waals surface area contributed by atoms with Crippen LogP contribution in [0.5, 0.6) is 0 Å².